The standard InChI is InChI=1S/C7H10N4O2S/c12-6(5-1-10-11-14-5)9-4-7(13)2-8-3-7/h1,8,13H,2-4H2,(H,9,12). The number of carbonyl (C=O) groups is 1. The number of aromatic nitrogens is 2. The lowest BCUT2D eigenvalue weighted by Crippen LogP contribution is -2.64. The van der Waals surface area contributed by atoms with E-state index in [1.165, 1.54) is 6.20 Å². The van der Waals surface area contributed by atoms with Crippen LogP contribution in [0.4, 0.5) is 0 Å². The summed E-state index contributed by atoms with van der Waals surface area (Å²) in [5.41, 5.74) is -0.784. The minimum atomic E-state index is -0.784. The molecule has 1 fully saturated rings. The van der Waals surface area contributed by atoms with Crippen molar-refractivity contribution in [3.63, 3.8) is 0 Å². The summed E-state index contributed by atoms with van der Waals surface area (Å²) in [4.78, 5) is 11.8. The second-order valence-electron chi connectivity index (χ2n) is 3.29. The first kappa shape index (κ1) is 9.50. The van der Waals surface area contributed by atoms with Crippen molar-refractivity contribution in [1.29, 1.82) is 0 Å². The average Bonchev–Trinajstić information content (AvgIpc) is 2.63. The summed E-state index contributed by atoms with van der Waals surface area (Å²) in [7, 11) is 0. The van der Waals surface area contributed by atoms with Gasteiger partial charge in [0.1, 0.15) is 10.5 Å². The van der Waals surface area contributed by atoms with Crippen LogP contribution in [0, 0.1) is 0 Å². The molecule has 1 amide bonds. The summed E-state index contributed by atoms with van der Waals surface area (Å²) in [5, 5.41) is 18.8. The van der Waals surface area contributed by atoms with Gasteiger partial charge < -0.3 is 15.7 Å². The Labute approximate surface area is 84.5 Å². The third-order valence-corrected chi connectivity index (χ3v) is 2.73. The number of β-amino-alcohol motifs (C(OH)–C–C–N with tert-alkyl or cyclic N) is 1. The van der Waals surface area contributed by atoms with E-state index < -0.39 is 5.60 Å². The van der Waals surface area contributed by atoms with Crippen molar-refractivity contribution in [1.82, 2.24) is 20.2 Å². The molecule has 14 heavy (non-hydrogen) atoms. The molecule has 1 aromatic heterocycles. The van der Waals surface area contributed by atoms with Crippen molar-refractivity contribution in [3.8, 4) is 0 Å². The summed E-state index contributed by atoms with van der Waals surface area (Å²) >= 11 is 1.04. The fourth-order valence-electron chi connectivity index (χ4n) is 1.14. The quantitative estimate of drug-likeness (QED) is 0.576. The monoisotopic (exact) mass is 214 g/mol. The highest BCUT2D eigenvalue weighted by atomic mass is 32.1. The van der Waals surface area contributed by atoms with Gasteiger partial charge in [0.15, 0.2) is 0 Å². The van der Waals surface area contributed by atoms with Crippen molar-refractivity contribution in [2.45, 2.75) is 5.60 Å². The number of amides is 1. The number of aliphatic hydroxyl groups is 1. The third-order valence-electron chi connectivity index (χ3n) is 2.07. The Morgan fingerprint density at radius 3 is 3.07 bits per heavy atom. The molecule has 0 bridgehead atoms. The van der Waals surface area contributed by atoms with E-state index >= 15 is 0 Å². The zero-order chi connectivity index (χ0) is 10.0. The van der Waals surface area contributed by atoms with Gasteiger partial charge in [-0.05, 0) is 11.5 Å². The molecule has 6 nitrogen and oxygen atoms in total. The summed E-state index contributed by atoms with van der Waals surface area (Å²) < 4.78 is 3.58. The zero-order valence-electron chi connectivity index (χ0n) is 7.36. The summed E-state index contributed by atoms with van der Waals surface area (Å²) in [6.07, 6.45) is 1.41. The summed E-state index contributed by atoms with van der Waals surface area (Å²) in [5.74, 6) is -0.236. The van der Waals surface area contributed by atoms with Crippen LogP contribution in [-0.2, 0) is 0 Å². The van der Waals surface area contributed by atoms with Gasteiger partial charge in [-0.15, -0.1) is 5.10 Å². The Balaban J connectivity index is 1.84. The molecule has 0 spiro atoms. The van der Waals surface area contributed by atoms with Crippen molar-refractivity contribution in [2.24, 2.45) is 0 Å². The molecule has 0 unspecified atom stereocenters. The van der Waals surface area contributed by atoms with E-state index in [-0.39, 0.29) is 12.5 Å². The lowest BCUT2D eigenvalue weighted by molar-refractivity contribution is -0.00756. The Bertz CT molecular complexity index is 322. The molecule has 1 aliphatic heterocycles. The molecule has 0 radical (unpaired) electrons. The molecule has 0 saturated carbocycles. The molecule has 1 aliphatic rings. The first-order valence-electron chi connectivity index (χ1n) is 4.18. The molecular weight excluding hydrogens is 204 g/mol. The summed E-state index contributed by atoms with van der Waals surface area (Å²) in [6.45, 7) is 1.30. The van der Waals surface area contributed by atoms with E-state index in [0.717, 1.165) is 11.5 Å². The topological polar surface area (TPSA) is 87.1 Å². The van der Waals surface area contributed by atoms with Gasteiger partial charge in [-0.3, -0.25) is 4.79 Å². The molecular formula is C7H10N4O2S. The van der Waals surface area contributed by atoms with Crippen LogP contribution in [0.5, 0.6) is 0 Å². The predicted octanol–water partition coefficient (Wildman–Crippen LogP) is -1.40. The predicted molar refractivity (Wildman–Crippen MR) is 50.1 cm³/mol. The van der Waals surface area contributed by atoms with Gasteiger partial charge >= 0.3 is 0 Å². The van der Waals surface area contributed by atoms with E-state index in [0.29, 0.717) is 18.0 Å². The number of nitrogens with zero attached hydrogens (tertiary/aromatic N) is 2. The van der Waals surface area contributed by atoms with Crippen molar-refractivity contribution >= 4 is 17.4 Å². The van der Waals surface area contributed by atoms with Crippen molar-refractivity contribution < 1.29 is 9.90 Å². The Morgan fingerprint density at radius 1 is 1.79 bits per heavy atom. The molecule has 1 aromatic rings. The van der Waals surface area contributed by atoms with Crippen LogP contribution < -0.4 is 10.6 Å². The van der Waals surface area contributed by atoms with Crippen LogP contribution in [0.3, 0.4) is 0 Å². The van der Waals surface area contributed by atoms with Crippen LogP contribution in [-0.4, -0.2) is 45.8 Å². The minimum absolute atomic E-state index is 0.236. The largest absolute Gasteiger partial charge is 0.385 e. The molecule has 2 heterocycles. The number of hydrogen-bond donors (Lipinski definition) is 3. The maximum absolute atomic E-state index is 11.4. The molecule has 7 heteroatoms. The van der Waals surface area contributed by atoms with Crippen LogP contribution in [0.1, 0.15) is 9.67 Å². The highest BCUT2D eigenvalue weighted by Crippen LogP contribution is 2.09. The van der Waals surface area contributed by atoms with Crippen LogP contribution in [0.2, 0.25) is 0 Å². The molecule has 1 saturated heterocycles. The van der Waals surface area contributed by atoms with Gasteiger partial charge in [0.2, 0.25) is 0 Å². The molecule has 0 atom stereocenters. The number of carbonyl (C=O) groups excluding carboxylic acids is 1. The van der Waals surface area contributed by atoms with Gasteiger partial charge in [-0.2, -0.15) is 0 Å². The number of rotatable bonds is 3. The molecule has 76 valence electrons. The number of nitrogens with one attached hydrogen (secondary N) is 2. The van der Waals surface area contributed by atoms with E-state index in [2.05, 4.69) is 20.2 Å². The molecule has 0 aromatic carbocycles. The molecule has 3 N–H and O–H groups in total. The fraction of sp³-hybridized carbons (Fsp3) is 0.571. The van der Waals surface area contributed by atoms with Gasteiger partial charge in [-0.1, -0.05) is 4.49 Å². The van der Waals surface area contributed by atoms with Crippen molar-refractivity contribution in [3.05, 3.63) is 11.1 Å². The van der Waals surface area contributed by atoms with E-state index in [1.54, 1.807) is 0 Å². The summed E-state index contributed by atoms with van der Waals surface area (Å²) in [6, 6.07) is 0. The maximum Gasteiger partial charge on any atom is 0.264 e. The Morgan fingerprint density at radius 2 is 2.57 bits per heavy atom. The van der Waals surface area contributed by atoms with Crippen LogP contribution in [0.25, 0.3) is 0 Å². The third kappa shape index (κ3) is 1.89. The first-order chi connectivity index (χ1) is 6.70. The second-order valence-corrected chi connectivity index (χ2v) is 4.08. The normalized spacial score (nSPS) is 18.6. The number of hydrogen-bond acceptors (Lipinski definition) is 6. The molecule has 2 rings (SSSR count). The first-order valence-corrected chi connectivity index (χ1v) is 4.96. The van der Waals surface area contributed by atoms with Crippen molar-refractivity contribution in [2.75, 3.05) is 19.6 Å². The smallest absolute Gasteiger partial charge is 0.264 e. The second kappa shape index (κ2) is 3.60. The maximum atomic E-state index is 11.4. The van der Waals surface area contributed by atoms with E-state index in [1.807, 2.05) is 0 Å². The highest BCUT2D eigenvalue weighted by molar-refractivity contribution is 7.07. The lowest BCUT2D eigenvalue weighted by Gasteiger charge is -2.37. The van der Waals surface area contributed by atoms with Crippen LogP contribution >= 0.6 is 11.5 Å². The van der Waals surface area contributed by atoms with E-state index in [4.69, 9.17) is 0 Å². The minimum Gasteiger partial charge on any atom is -0.385 e. The van der Waals surface area contributed by atoms with E-state index in [9.17, 15) is 9.90 Å². The average molecular weight is 214 g/mol. The van der Waals surface area contributed by atoms with Crippen LogP contribution in [0.15, 0.2) is 6.20 Å². The van der Waals surface area contributed by atoms with Gasteiger partial charge in [0.05, 0.1) is 6.20 Å². The zero-order valence-corrected chi connectivity index (χ0v) is 8.17. The van der Waals surface area contributed by atoms with Gasteiger partial charge in [0.25, 0.3) is 5.91 Å². The lowest BCUT2D eigenvalue weighted by atomic mass is 9.97. The SMILES string of the molecule is O=C(NCC1(O)CNC1)c1cnns1. The fourth-order valence-corrected chi connectivity index (χ4v) is 1.57. The highest BCUT2D eigenvalue weighted by Gasteiger charge is 2.34. The Hall–Kier alpha value is -1.05. The van der Waals surface area contributed by atoms with Gasteiger partial charge in [0, 0.05) is 19.6 Å². The Kier molecular flexibility index (Phi) is 2.44. The van der Waals surface area contributed by atoms with Gasteiger partial charge in [-0.25, -0.2) is 0 Å². The molecule has 0 aliphatic carbocycles.